The predicted octanol–water partition coefficient (Wildman–Crippen LogP) is 4.96. The van der Waals surface area contributed by atoms with E-state index in [-0.39, 0.29) is 6.17 Å². The molecular weight excluding hydrogens is 332 g/mol. The topological polar surface area (TPSA) is 35.2 Å². The maximum absolute atomic E-state index is 6.43. The lowest BCUT2D eigenvalue weighted by Gasteiger charge is -2.31. The highest BCUT2D eigenvalue weighted by atomic mass is 35.5. The summed E-state index contributed by atoms with van der Waals surface area (Å²) in [6, 6.07) is 16.2. The van der Waals surface area contributed by atoms with Gasteiger partial charge in [-0.3, -0.25) is 4.98 Å². The third kappa shape index (κ3) is 2.89. The molecule has 4 rings (SSSR count). The second-order valence-corrected chi connectivity index (χ2v) is 6.63. The summed E-state index contributed by atoms with van der Waals surface area (Å²) in [7, 11) is 2.05. The van der Waals surface area contributed by atoms with Crippen molar-refractivity contribution in [2.75, 3.05) is 11.9 Å². The van der Waals surface area contributed by atoms with Crippen molar-refractivity contribution in [3.8, 4) is 11.4 Å². The number of aryl methyl sites for hydroxylation is 1. The van der Waals surface area contributed by atoms with Crippen LogP contribution >= 0.6 is 11.6 Å². The van der Waals surface area contributed by atoms with E-state index in [0.29, 0.717) is 0 Å². The van der Waals surface area contributed by atoms with Crippen LogP contribution in [0, 0.1) is 6.92 Å². The zero-order valence-electron chi connectivity index (χ0n) is 14.1. The highest BCUT2D eigenvalue weighted by Crippen LogP contribution is 2.37. The van der Waals surface area contributed by atoms with E-state index in [1.54, 1.807) is 0 Å². The number of anilines is 1. The third-order valence-corrected chi connectivity index (χ3v) is 4.79. The molecular formula is C20H19ClN4. The molecule has 4 nitrogen and oxygen atoms in total. The van der Waals surface area contributed by atoms with Crippen molar-refractivity contribution in [1.82, 2.24) is 14.9 Å². The number of pyridine rings is 1. The van der Waals surface area contributed by atoms with Gasteiger partial charge in [0, 0.05) is 35.7 Å². The van der Waals surface area contributed by atoms with Crippen LogP contribution in [-0.2, 0) is 0 Å². The van der Waals surface area contributed by atoms with Gasteiger partial charge in [0.05, 0.1) is 23.3 Å². The lowest BCUT2D eigenvalue weighted by molar-refractivity contribution is 0.368. The molecule has 1 aliphatic rings. The summed E-state index contributed by atoms with van der Waals surface area (Å²) in [5, 5.41) is 0.763. The monoisotopic (exact) mass is 350 g/mol. The van der Waals surface area contributed by atoms with Crippen molar-refractivity contribution >= 4 is 17.3 Å². The Morgan fingerprint density at radius 3 is 2.56 bits per heavy atom. The number of nitrogens with zero attached hydrogens (tertiary/aromatic N) is 3. The fraction of sp³-hybridized carbons (Fsp3) is 0.150. The molecule has 0 bridgehead atoms. The molecule has 0 radical (unpaired) electrons. The van der Waals surface area contributed by atoms with Crippen LogP contribution in [0.3, 0.4) is 0 Å². The van der Waals surface area contributed by atoms with Gasteiger partial charge in [0.15, 0.2) is 0 Å². The predicted molar refractivity (Wildman–Crippen MR) is 102 cm³/mol. The first-order valence-corrected chi connectivity index (χ1v) is 8.56. The summed E-state index contributed by atoms with van der Waals surface area (Å²) in [4.78, 5) is 12.3. The largest absolute Gasteiger partial charge is 0.357 e. The number of aromatic nitrogens is 2. The van der Waals surface area contributed by atoms with E-state index in [4.69, 9.17) is 11.6 Å². The number of H-pyrrole nitrogens is 1. The molecule has 1 aromatic carbocycles. The van der Waals surface area contributed by atoms with Crippen molar-refractivity contribution in [1.29, 1.82) is 0 Å². The van der Waals surface area contributed by atoms with Crippen molar-refractivity contribution in [3.63, 3.8) is 0 Å². The van der Waals surface area contributed by atoms with Crippen molar-refractivity contribution in [2.24, 2.45) is 0 Å². The van der Waals surface area contributed by atoms with Crippen LogP contribution in [0.15, 0.2) is 67.1 Å². The van der Waals surface area contributed by atoms with E-state index < -0.39 is 0 Å². The van der Waals surface area contributed by atoms with Gasteiger partial charge in [-0.25, -0.2) is 0 Å². The summed E-state index contributed by atoms with van der Waals surface area (Å²) in [6.45, 7) is 2.04. The summed E-state index contributed by atoms with van der Waals surface area (Å²) in [5.41, 5.74) is 5.19. The van der Waals surface area contributed by atoms with Crippen LogP contribution in [0.5, 0.6) is 0 Å². The number of hydrogen-bond acceptors (Lipinski definition) is 3. The summed E-state index contributed by atoms with van der Waals surface area (Å²) in [6.07, 6.45) is 6.03. The molecule has 0 amide bonds. The molecule has 2 aromatic heterocycles. The molecule has 0 saturated carbocycles. The first kappa shape index (κ1) is 15.8. The Labute approximate surface area is 152 Å². The fourth-order valence-electron chi connectivity index (χ4n) is 3.17. The van der Waals surface area contributed by atoms with E-state index in [1.807, 2.05) is 50.5 Å². The first-order chi connectivity index (χ1) is 12.1. The Balaban J connectivity index is 1.66. The lowest BCUT2D eigenvalue weighted by atomic mass is 10.1. The summed E-state index contributed by atoms with van der Waals surface area (Å²) < 4.78 is 0. The molecule has 3 heterocycles. The molecule has 0 fully saturated rings. The number of halogens is 1. The third-order valence-electron chi connectivity index (χ3n) is 4.45. The molecule has 5 heteroatoms. The summed E-state index contributed by atoms with van der Waals surface area (Å²) >= 11 is 6.43. The van der Waals surface area contributed by atoms with Gasteiger partial charge >= 0.3 is 0 Å². The van der Waals surface area contributed by atoms with Gasteiger partial charge in [-0.15, -0.1) is 0 Å². The normalized spacial score (nSPS) is 16.7. The molecule has 1 aliphatic heterocycles. The maximum Gasteiger partial charge on any atom is 0.133 e. The van der Waals surface area contributed by atoms with Gasteiger partial charge in [0.2, 0.25) is 0 Å². The molecule has 1 atom stereocenters. The smallest absolute Gasteiger partial charge is 0.133 e. The molecule has 126 valence electrons. The SMILES string of the molecule is Cc1ccc(-c2ccc(N3C=CN(C)C3c3ccccc3Cl)cn2)[nH]1. The van der Waals surface area contributed by atoms with Crippen LogP contribution < -0.4 is 4.90 Å². The maximum atomic E-state index is 6.43. The van der Waals surface area contributed by atoms with Crippen LogP contribution in [0.25, 0.3) is 11.4 Å². The average molecular weight is 351 g/mol. The Kier molecular flexibility index (Phi) is 3.98. The minimum atomic E-state index is 0.0223. The number of hydrogen-bond donors (Lipinski definition) is 1. The number of aromatic amines is 1. The zero-order valence-corrected chi connectivity index (χ0v) is 14.9. The molecule has 0 aliphatic carbocycles. The number of rotatable bonds is 3. The quantitative estimate of drug-likeness (QED) is 0.725. The van der Waals surface area contributed by atoms with Gasteiger partial charge in [0.25, 0.3) is 0 Å². The van der Waals surface area contributed by atoms with E-state index in [2.05, 4.69) is 50.4 Å². The van der Waals surface area contributed by atoms with Crippen molar-refractivity contribution < 1.29 is 0 Å². The number of benzene rings is 1. The number of nitrogens with one attached hydrogen (secondary N) is 1. The average Bonchev–Trinajstić information content (AvgIpc) is 3.22. The second-order valence-electron chi connectivity index (χ2n) is 6.22. The van der Waals surface area contributed by atoms with Crippen LogP contribution in [-0.4, -0.2) is 21.9 Å². The van der Waals surface area contributed by atoms with Gasteiger partial charge in [-0.05, 0) is 37.3 Å². The standard InChI is InChI=1S/C20H19ClN4/c1-14-7-9-19(23-14)18-10-8-15(13-22-18)25-12-11-24(2)20(25)16-5-3-4-6-17(16)21/h3-13,20,23H,1-2H3. The van der Waals surface area contributed by atoms with Gasteiger partial charge in [-0.1, -0.05) is 29.8 Å². The van der Waals surface area contributed by atoms with Crippen LogP contribution in [0.2, 0.25) is 5.02 Å². The Morgan fingerprint density at radius 1 is 1.04 bits per heavy atom. The molecule has 1 unspecified atom stereocenters. The molecule has 1 N–H and O–H groups in total. The Morgan fingerprint density at radius 2 is 1.88 bits per heavy atom. The van der Waals surface area contributed by atoms with Crippen molar-refractivity contribution in [2.45, 2.75) is 13.1 Å². The molecule has 0 spiro atoms. The fourth-order valence-corrected chi connectivity index (χ4v) is 3.40. The van der Waals surface area contributed by atoms with Crippen molar-refractivity contribution in [3.05, 3.63) is 83.4 Å². The van der Waals surface area contributed by atoms with E-state index in [0.717, 1.165) is 33.4 Å². The highest BCUT2D eigenvalue weighted by molar-refractivity contribution is 6.31. The Bertz CT molecular complexity index is 913. The minimum Gasteiger partial charge on any atom is -0.357 e. The van der Waals surface area contributed by atoms with Crippen LogP contribution in [0.1, 0.15) is 17.4 Å². The first-order valence-electron chi connectivity index (χ1n) is 8.18. The van der Waals surface area contributed by atoms with E-state index in [1.165, 1.54) is 0 Å². The van der Waals surface area contributed by atoms with Gasteiger partial charge in [0.1, 0.15) is 6.17 Å². The van der Waals surface area contributed by atoms with E-state index >= 15 is 0 Å². The lowest BCUT2D eigenvalue weighted by Crippen LogP contribution is -2.28. The molecule has 3 aromatic rings. The van der Waals surface area contributed by atoms with Gasteiger partial charge in [-0.2, -0.15) is 0 Å². The minimum absolute atomic E-state index is 0.0223. The van der Waals surface area contributed by atoms with Gasteiger partial charge < -0.3 is 14.8 Å². The van der Waals surface area contributed by atoms with E-state index in [9.17, 15) is 0 Å². The second kappa shape index (κ2) is 6.30. The summed E-state index contributed by atoms with van der Waals surface area (Å²) in [5.74, 6) is 0. The zero-order chi connectivity index (χ0) is 17.4. The van der Waals surface area contributed by atoms with Crippen LogP contribution in [0.4, 0.5) is 5.69 Å². The Hall–Kier alpha value is -2.72. The highest BCUT2D eigenvalue weighted by Gasteiger charge is 2.28. The molecule has 0 saturated heterocycles. The molecule has 25 heavy (non-hydrogen) atoms.